The van der Waals surface area contributed by atoms with Crippen molar-refractivity contribution in [2.75, 3.05) is 26.2 Å². The molecule has 1 atom stereocenters. The summed E-state index contributed by atoms with van der Waals surface area (Å²) in [4.78, 5) is 26.7. The van der Waals surface area contributed by atoms with Crippen molar-refractivity contribution in [2.24, 2.45) is 0 Å². The summed E-state index contributed by atoms with van der Waals surface area (Å²) in [5, 5.41) is 9.56. The summed E-state index contributed by atoms with van der Waals surface area (Å²) >= 11 is 0. The number of aryl methyl sites for hydroxylation is 1. The molecule has 1 heterocycles. The highest BCUT2D eigenvalue weighted by atomic mass is 16.4. The van der Waals surface area contributed by atoms with Crippen LogP contribution in [-0.4, -0.2) is 53.0 Å². The van der Waals surface area contributed by atoms with E-state index in [1.165, 1.54) is 5.56 Å². The molecule has 1 aromatic carbocycles. The SMILES string of the molecule is CCc1ccc(C(C(=O)O)N2CCN(C(C)=O)CC2)cc1. The van der Waals surface area contributed by atoms with Crippen molar-refractivity contribution >= 4 is 11.9 Å². The number of amides is 1. The molecule has 1 unspecified atom stereocenters. The maximum Gasteiger partial charge on any atom is 0.325 e. The third kappa shape index (κ3) is 3.61. The van der Waals surface area contributed by atoms with E-state index in [9.17, 15) is 14.7 Å². The van der Waals surface area contributed by atoms with Crippen molar-refractivity contribution in [3.63, 3.8) is 0 Å². The molecule has 0 spiro atoms. The van der Waals surface area contributed by atoms with E-state index in [1.54, 1.807) is 11.8 Å². The second-order valence-corrected chi connectivity index (χ2v) is 5.38. The molecule has 5 nitrogen and oxygen atoms in total. The van der Waals surface area contributed by atoms with Crippen LogP contribution in [-0.2, 0) is 16.0 Å². The number of carboxylic acids is 1. The Kier molecular flexibility index (Phi) is 4.96. The fourth-order valence-electron chi connectivity index (χ4n) is 2.74. The summed E-state index contributed by atoms with van der Waals surface area (Å²) in [6.45, 7) is 5.98. The largest absolute Gasteiger partial charge is 0.480 e. The van der Waals surface area contributed by atoms with Crippen molar-refractivity contribution in [3.05, 3.63) is 35.4 Å². The van der Waals surface area contributed by atoms with Gasteiger partial charge in [-0.25, -0.2) is 0 Å². The van der Waals surface area contributed by atoms with E-state index in [0.717, 1.165) is 12.0 Å². The van der Waals surface area contributed by atoms with E-state index in [1.807, 2.05) is 29.2 Å². The van der Waals surface area contributed by atoms with Gasteiger partial charge in [-0.1, -0.05) is 31.2 Å². The molecule has 114 valence electrons. The summed E-state index contributed by atoms with van der Waals surface area (Å²) < 4.78 is 0. The maximum absolute atomic E-state index is 11.6. The molecule has 1 saturated heterocycles. The summed E-state index contributed by atoms with van der Waals surface area (Å²) in [5.74, 6) is -0.788. The average molecular weight is 290 g/mol. The Morgan fingerprint density at radius 1 is 1.14 bits per heavy atom. The molecule has 0 radical (unpaired) electrons. The molecule has 5 heteroatoms. The zero-order valence-electron chi connectivity index (χ0n) is 12.6. The second-order valence-electron chi connectivity index (χ2n) is 5.38. The Morgan fingerprint density at radius 2 is 1.71 bits per heavy atom. The van der Waals surface area contributed by atoms with E-state index in [0.29, 0.717) is 26.2 Å². The molecule has 1 amide bonds. The number of carbonyl (C=O) groups excluding carboxylic acids is 1. The lowest BCUT2D eigenvalue weighted by atomic mass is 10.0. The number of aliphatic carboxylic acids is 1. The number of hydrogen-bond donors (Lipinski definition) is 1. The van der Waals surface area contributed by atoms with Gasteiger partial charge in [0.25, 0.3) is 0 Å². The molecule has 0 aliphatic carbocycles. The van der Waals surface area contributed by atoms with Gasteiger partial charge in [0.1, 0.15) is 6.04 Å². The van der Waals surface area contributed by atoms with Gasteiger partial charge >= 0.3 is 5.97 Å². The molecule has 2 rings (SSSR count). The van der Waals surface area contributed by atoms with Crippen molar-refractivity contribution < 1.29 is 14.7 Å². The number of benzene rings is 1. The van der Waals surface area contributed by atoms with Crippen LogP contribution < -0.4 is 0 Å². The molecule has 0 aromatic heterocycles. The first kappa shape index (κ1) is 15.5. The zero-order valence-corrected chi connectivity index (χ0v) is 12.6. The van der Waals surface area contributed by atoms with E-state index in [-0.39, 0.29) is 5.91 Å². The Bertz CT molecular complexity index is 505. The summed E-state index contributed by atoms with van der Waals surface area (Å²) in [5.41, 5.74) is 2.00. The molecule has 1 aliphatic rings. The monoisotopic (exact) mass is 290 g/mol. The van der Waals surface area contributed by atoms with Crippen molar-refractivity contribution in [2.45, 2.75) is 26.3 Å². The average Bonchev–Trinajstić information content (AvgIpc) is 2.48. The molecular weight excluding hydrogens is 268 g/mol. The molecular formula is C16H22N2O3. The van der Waals surface area contributed by atoms with Crippen LogP contribution >= 0.6 is 0 Å². The second kappa shape index (κ2) is 6.72. The highest BCUT2D eigenvalue weighted by Crippen LogP contribution is 2.23. The minimum atomic E-state index is -0.837. The number of piperazine rings is 1. The number of rotatable bonds is 4. The van der Waals surface area contributed by atoms with Crippen LogP contribution in [0.2, 0.25) is 0 Å². The van der Waals surface area contributed by atoms with Gasteiger partial charge in [0.15, 0.2) is 0 Å². The molecule has 0 bridgehead atoms. The molecule has 1 N–H and O–H groups in total. The van der Waals surface area contributed by atoms with E-state index in [2.05, 4.69) is 6.92 Å². The predicted molar refractivity (Wildman–Crippen MR) is 80.0 cm³/mol. The Morgan fingerprint density at radius 3 is 2.14 bits per heavy atom. The fraction of sp³-hybridized carbons (Fsp3) is 0.500. The maximum atomic E-state index is 11.6. The molecule has 21 heavy (non-hydrogen) atoms. The third-order valence-electron chi connectivity index (χ3n) is 4.06. The lowest BCUT2D eigenvalue weighted by molar-refractivity contribution is -0.145. The lowest BCUT2D eigenvalue weighted by Crippen LogP contribution is -2.50. The quantitative estimate of drug-likeness (QED) is 0.913. The zero-order chi connectivity index (χ0) is 15.4. The van der Waals surface area contributed by atoms with Crippen LogP contribution in [0.25, 0.3) is 0 Å². The minimum absolute atomic E-state index is 0.0498. The van der Waals surface area contributed by atoms with Crippen LogP contribution in [0, 0.1) is 0 Å². The van der Waals surface area contributed by atoms with Crippen LogP contribution in [0.15, 0.2) is 24.3 Å². The van der Waals surface area contributed by atoms with E-state index >= 15 is 0 Å². The summed E-state index contributed by atoms with van der Waals surface area (Å²) in [6, 6.07) is 7.13. The highest BCUT2D eigenvalue weighted by molar-refractivity contribution is 5.76. The van der Waals surface area contributed by atoms with Crippen LogP contribution in [0.3, 0.4) is 0 Å². The smallest absolute Gasteiger partial charge is 0.325 e. The van der Waals surface area contributed by atoms with Gasteiger partial charge in [-0.2, -0.15) is 0 Å². The Hall–Kier alpha value is -1.88. The van der Waals surface area contributed by atoms with Gasteiger partial charge in [-0.05, 0) is 17.5 Å². The topological polar surface area (TPSA) is 60.9 Å². The third-order valence-corrected chi connectivity index (χ3v) is 4.06. The number of carboxylic acid groups (broad SMARTS) is 1. The van der Waals surface area contributed by atoms with Gasteiger partial charge in [0.2, 0.25) is 5.91 Å². The molecule has 1 aromatic rings. The highest BCUT2D eigenvalue weighted by Gasteiger charge is 2.30. The van der Waals surface area contributed by atoms with Crippen molar-refractivity contribution in [1.82, 2.24) is 9.80 Å². The standard InChI is InChI=1S/C16H22N2O3/c1-3-13-4-6-14(7-5-13)15(16(20)21)18-10-8-17(9-11-18)12(2)19/h4-7,15H,3,8-11H2,1-2H3,(H,20,21). The Labute approximate surface area is 125 Å². The van der Waals surface area contributed by atoms with Gasteiger partial charge in [-0.3, -0.25) is 14.5 Å². The van der Waals surface area contributed by atoms with Crippen LogP contribution in [0.4, 0.5) is 0 Å². The van der Waals surface area contributed by atoms with E-state index in [4.69, 9.17) is 0 Å². The van der Waals surface area contributed by atoms with Gasteiger partial charge < -0.3 is 10.0 Å². The van der Waals surface area contributed by atoms with Gasteiger partial charge in [-0.15, -0.1) is 0 Å². The molecule has 1 aliphatic heterocycles. The number of carbonyl (C=O) groups is 2. The van der Waals surface area contributed by atoms with Crippen LogP contribution in [0.5, 0.6) is 0 Å². The normalized spacial score (nSPS) is 17.5. The summed E-state index contributed by atoms with van der Waals surface area (Å²) in [6.07, 6.45) is 0.940. The first-order valence-corrected chi connectivity index (χ1v) is 7.34. The van der Waals surface area contributed by atoms with Crippen molar-refractivity contribution in [3.8, 4) is 0 Å². The number of nitrogens with zero attached hydrogens (tertiary/aromatic N) is 2. The van der Waals surface area contributed by atoms with Crippen LogP contribution in [0.1, 0.15) is 31.0 Å². The number of hydrogen-bond acceptors (Lipinski definition) is 3. The first-order valence-electron chi connectivity index (χ1n) is 7.34. The van der Waals surface area contributed by atoms with Gasteiger partial charge in [0.05, 0.1) is 0 Å². The predicted octanol–water partition coefficient (Wildman–Crippen LogP) is 1.54. The minimum Gasteiger partial charge on any atom is -0.480 e. The van der Waals surface area contributed by atoms with E-state index < -0.39 is 12.0 Å². The first-order chi connectivity index (χ1) is 10.0. The van der Waals surface area contributed by atoms with Crippen molar-refractivity contribution in [1.29, 1.82) is 0 Å². The fourth-order valence-corrected chi connectivity index (χ4v) is 2.74. The molecule has 1 fully saturated rings. The van der Waals surface area contributed by atoms with Gasteiger partial charge in [0, 0.05) is 33.1 Å². The molecule has 0 saturated carbocycles. The Balaban J connectivity index is 2.12. The lowest BCUT2D eigenvalue weighted by Gasteiger charge is -2.37. The summed E-state index contributed by atoms with van der Waals surface area (Å²) in [7, 11) is 0.